The van der Waals surface area contributed by atoms with Crippen LogP contribution in [0, 0.1) is 11.3 Å². The molecule has 5 heteroatoms. The summed E-state index contributed by atoms with van der Waals surface area (Å²) in [6.45, 7) is 1.68. The SMILES string of the molecule is C[C@]1(O)C[C@](NC(=O)O)(c2ccc(C#N)cc2)C1. The minimum absolute atomic E-state index is 0.332. The van der Waals surface area contributed by atoms with Gasteiger partial charge in [-0.25, -0.2) is 4.79 Å². The van der Waals surface area contributed by atoms with Gasteiger partial charge in [-0.05, 0) is 24.6 Å². The number of benzene rings is 1. The average molecular weight is 246 g/mol. The Morgan fingerprint density at radius 1 is 1.39 bits per heavy atom. The number of carbonyl (C=O) groups is 1. The lowest BCUT2D eigenvalue weighted by Gasteiger charge is -2.51. The molecule has 0 unspecified atom stereocenters. The lowest BCUT2D eigenvalue weighted by molar-refractivity contribution is -0.0858. The van der Waals surface area contributed by atoms with Crippen LogP contribution in [0.4, 0.5) is 4.79 Å². The molecular weight excluding hydrogens is 232 g/mol. The third-order valence-corrected chi connectivity index (χ3v) is 3.28. The van der Waals surface area contributed by atoms with Crippen molar-refractivity contribution in [3.8, 4) is 6.07 Å². The van der Waals surface area contributed by atoms with Crippen LogP contribution in [0.5, 0.6) is 0 Å². The van der Waals surface area contributed by atoms with Gasteiger partial charge in [0.15, 0.2) is 0 Å². The van der Waals surface area contributed by atoms with Crippen LogP contribution >= 0.6 is 0 Å². The zero-order chi connectivity index (χ0) is 13.4. The number of hydrogen-bond donors (Lipinski definition) is 3. The van der Waals surface area contributed by atoms with Crippen molar-refractivity contribution in [1.29, 1.82) is 5.26 Å². The molecule has 0 heterocycles. The molecule has 0 bridgehead atoms. The molecule has 1 saturated carbocycles. The molecule has 1 aromatic carbocycles. The summed E-state index contributed by atoms with van der Waals surface area (Å²) in [6, 6.07) is 8.76. The van der Waals surface area contributed by atoms with Crippen LogP contribution in [0.1, 0.15) is 30.9 Å². The molecule has 1 aromatic rings. The summed E-state index contributed by atoms with van der Waals surface area (Å²) in [7, 11) is 0. The van der Waals surface area contributed by atoms with Crippen molar-refractivity contribution in [3.63, 3.8) is 0 Å². The number of hydrogen-bond acceptors (Lipinski definition) is 3. The number of aliphatic hydroxyl groups is 1. The van der Waals surface area contributed by atoms with Crippen LogP contribution in [-0.2, 0) is 5.54 Å². The minimum Gasteiger partial charge on any atom is -0.465 e. The van der Waals surface area contributed by atoms with Crippen molar-refractivity contribution in [1.82, 2.24) is 5.32 Å². The first-order valence-corrected chi connectivity index (χ1v) is 5.61. The largest absolute Gasteiger partial charge is 0.465 e. The Kier molecular flexibility index (Phi) is 2.76. The number of nitrogens with one attached hydrogen (secondary N) is 1. The molecule has 1 fully saturated rings. The van der Waals surface area contributed by atoms with Crippen molar-refractivity contribution in [2.75, 3.05) is 0 Å². The zero-order valence-corrected chi connectivity index (χ0v) is 9.97. The maximum absolute atomic E-state index is 10.9. The highest BCUT2D eigenvalue weighted by Gasteiger charge is 2.53. The Balaban J connectivity index is 2.30. The molecule has 0 aromatic heterocycles. The average Bonchev–Trinajstić information content (AvgIpc) is 2.25. The van der Waals surface area contributed by atoms with E-state index in [2.05, 4.69) is 5.32 Å². The van der Waals surface area contributed by atoms with Crippen LogP contribution < -0.4 is 5.32 Å². The van der Waals surface area contributed by atoms with E-state index >= 15 is 0 Å². The van der Waals surface area contributed by atoms with Crippen LogP contribution in [0.15, 0.2) is 24.3 Å². The molecule has 0 spiro atoms. The highest BCUT2D eigenvalue weighted by Crippen LogP contribution is 2.48. The quantitative estimate of drug-likeness (QED) is 0.738. The smallest absolute Gasteiger partial charge is 0.405 e. The van der Waals surface area contributed by atoms with Gasteiger partial charge >= 0.3 is 6.09 Å². The predicted molar refractivity (Wildman–Crippen MR) is 63.9 cm³/mol. The Bertz CT molecular complexity index is 506. The Hall–Kier alpha value is -2.06. The fourth-order valence-electron chi connectivity index (χ4n) is 2.68. The van der Waals surface area contributed by atoms with E-state index in [1.54, 1.807) is 31.2 Å². The first kappa shape index (κ1) is 12.4. The highest BCUT2D eigenvalue weighted by atomic mass is 16.4. The maximum atomic E-state index is 10.9. The lowest BCUT2D eigenvalue weighted by atomic mass is 9.62. The molecule has 0 saturated heterocycles. The number of amides is 1. The van der Waals surface area contributed by atoms with Gasteiger partial charge in [0.1, 0.15) is 0 Å². The first-order chi connectivity index (χ1) is 8.37. The second-order valence-corrected chi connectivity index (χ2v) is 5.05. The first-order valence-electron chi connectivity index (χ1n) is 5.61. The van der Waals surface area contributed by atoms with Gasteiger partial charge in [0.05, 0.1) is 22.8 Å². The van der Waals surface area contributed by atoms with Crippen LogP contribution in [-0.4, -0.2) is 21.9 Å². The molecule has 5 nitrogen and oxygen atoms in total. The number of nitrogens with zero attached hydrogens (tertiary/aromatic N) is 1. The van der Waals surface area contributed by atoms with E-state index in [9.17, 15) is 9.90 Å². The van der Waals surface area contributed by atoms with Gasteiger partial charge in [0, 0.05) is 12.8 Å². The zero-order valence-electron chi connectivity index (χ0n) is 9.97. The number of nitriles is 1. The fourth-order valence-corrected chi connectivity index (χ4v) is 2.68. The molecule has 18 heavy (non-hydrogen) atoms. The molecule has 0 radical (unpaired) electrons. The van der Waals surface area contributed by atoms with Crippen molar-refractivity contribution >= 4 is 6.09 Å². The third-order valence-electron chi connectivity index (χ3n) is 3.28. The molecule has 0 aliphatic heterocycles. The molecule has 1 amide bonds. The summed E-state index contributed by atoms with van der Waals surface area (Å²) >= 11 is 0. The molecule has 1 aliphatic carbocycles. The van der Waals surface area contributed by atoms with Gasteiger partial charge in [0.25, 0.3) is 0 Å². The summed E-state index contributed by atoms with van der Waals surface area (Å²) in [5, 5.41) is 29.9. The van der Waals surface area contributed by atoms with Crippen LogP contribution in [0.3, 0.4) is 0 Å². The van der Waals surface area contributed by atoms with Crippen molar-refractivity contribution in [2.24, 2.45) is 0 Å². The predicted octanol–water partition coefficient (Wildman–Crippen LogP) is 1.57. The molecule has 0 atom stereocenters. The lowest BCUT2D eigenvalue weighted by Crippen LogP contribution is -2.61. The molecule has 2 rings (SSSR count). The normalized spacial score (nSPS) is 30.1. The Morgan fingerprint density at radius 2 is 1.94 bits per heavy atom. The fraction of sp³-hybridized carbons (Fsp3) is 0.385. The van der Waals surface area contributed by atoms with E-state index in [0.717, 1.165) is 5.56 Å². The second kappa shape index (κ2) is 4.00. The molecule has 3 N–H and O–H groups in total. The standard InChI is InChI=1S/C13H14N2O3/c1-12(18)7-13(8-12,15-11(16)17)10-4-2-9(6-14)3-5-10/h2-5,15,18H,7-8H2,1H3,(H,16,17)/t12-,13+. The summed E-state index contributed by atoms with van der Waals surface area (Å²) in [6.07, 6.45) is -0.453. The monoisotopic (exact) mass is 246 g/mol. The van der Waals surface area contributed by atoms with Gasteiger partial charge in [0.2, 0.25) is 0 Å². The molecular formula is C13H14N2O3. The van der Waals surface area contributed by atoms with Gasteiger partial charge in [-0.15, -0.1) is 0 Å². The van der Waals surface area contributed by atoms with Crippen molar-refractivity contribution < 1.29 is 15.0 Å². The summed E-state index contributed by atoms with van der Waals surface area (Å²) in [5.41, 5.74) is -0.301. The molecule has 94 valence electrons. The van der Waals surface area contributed by atoms with Gasteiger partial charge in [-0.2, -0.15) is 5.26 Å². The second-order valence-electron chi connectivity index (χ2n) is 5.05. The summed E-state index contributed by atoms with van der Waals surface area (Å²) in [5.74, 6) is 0. The van der Waals surface area contributed by atoms with E-state index in [1.807, 2.05) is 6.07 Å². The van der Waals surface area contributed by atoms with E-state index in [-0.39, 0.29) is 0 Å². The van der Waals surface area contributed by atoms with E-state index < -0.39 is 17.2 Å². The van der Waals surface area contributed by atoms with E-state index in [4.69, 9.17) is 10.4 Å². The van der Waals surface area contributed by atoms with Gasteiger partial charge < -0.3 is 15.5 Å². The third kappa shape index (κ3) is 2.15. The van der Waals surface area contributed by atoms with Gasteiger partial charge in [-0.1, -0.05) is 12.1 Å². The van der Waals surface area contributed by atoms with Crippen molar-refractivity contribution in [3.05, 3.63) is 35.4 Å². The Morgan fingerprint density at radius 3 is 2.33 bits per heavy atom. The van der Waals surface area contributed by atoms with E-state index in [1.165, 1.54) is 0 Å². The number of rotatable bonds is 2. The van der Waals surface area contributed by atoms with Crippen LogP contribution in [0.25, 0.3) is 0 Å². The Labute approximate surface area is 105 Å². The molecule has 1 aliphatic rings. The maximum Gasteiger partial charge on any atom is 0.405 e. The summed E-state index contributed by atoms with van der Waals surface area (Å²) < 4.78 is 0. The van der Waals surface area contributed by atoms with Crippen molar-refractivity contribution in [2.45, 2.75) is 30.9 Å². The summed E-state index contributed by atoms with van der Waals surface area (Å²) in [4.78, 5) is 10.9. The van der Waals surface area contributed by atoms with E-state index in [0.29, 0.717) is 18.4 Å². The topological polar surface area (TPSA) is 93.3 Å². The highest BCUT2D eigenvalue weighted by molar-refractivity contribution is 5.66. The van der Waals surface area contributed by atoms with Crippen LogP contribution in [0.2, 0.25) is 0 Å². The number of carboxylic acid groups (broad SMARTS) is 1. The minimum atomic E-state index is -1.12. The van der Waals surface area contributed by atoms with Gasteiger partial charge in [-0.3, -0.25) is 0 Å².